The lowest BCUT2D eigenvalue weighted by molar-refractivity contribution is -0.384. The normalized spacial score (nSPS) is 15.3. The minimum Gasteiger partial charge on any atom is -0.492 e. The van der Waals surface area contributed by atoms with E-state index < -0.39 is 22.7 Å². The Morgan fingerprint density at radius 3 is 2.77 bits per heavy atom. The van der Waals surface area contributed by atoms with Crippen LogP contribution >= 0.6 is 11.6 Å². The molecule has 1 aliphatic heterocycles. The summed E-state index contributed by atoms with van der Waals surface area (Å²) in [5.41, 5.74) is 5.25. The summed E-state index contributed by atoms with van der Waals surface area (Å²) < 4.78 is 5.54. The molecular formula is C17H14ClN3O5. The summed E-state index contributed by atoms with van der Waals surface area (Å²) in [4.78, 5) is 34.5. The lowest BCUT2D eigenvalue weighted by atomic mass is 9.96. The fraction of sp³-hybridized carbons (Fsp3) is 0.176. The second kappa shape index (κ2) is 7.40. The Bertz CT molecular complexity index is 886. The first kappa shape index (κ1) is 17.7. The van der Waals surface area contributed by atoms with Gasteiger partial charge in [-0.1, -0.05) is 17.7 Å². The van der Waals surface area contributed by atoms with Gasteiger partial charge in [-0.05, 0) is 36.2 Å². The number of ether oxygens (including phenoxy) is 1. The summed E-state index contributed by atoms with van der Waals surface area (Å²) >= 11 is 5.95. The van der Waals surface area contributed by atoms with Gasteiger partial charge in [0.05, 0.1) is 10.8 Å². The topological polar surface area (TPSA) is 111 Å². The van der Waals surface area contributed by atoms with Gasteiger partial charge in [-0.2, -0.15) is 0 Å². The number of hydrogen-bond acceptors (Lipinski definition) is 5. The number of hydrogen-bond donors (Lipinski definition) is 2. The van der Waals surface area contributed by atoms with Crippen LogP contribution < -0.4 is 15.6 Å². The molecule has 0 bridgehead atoms. The summed E-state index contributed by atoms with van der Waals surface area (Å²) in [5, 5.41) is 11.3. The molecule has 3 rings (SSSR count). The van der Waals surface area contributed by atoms with Gasteiger partial charge in [-0.25, -0.2) is 0 Å². The summed E-state index contributed by atoms with van der Waals surface area (Å²) in [6.45, 7) is 0.174. The number of fused-ring (bicyclic) bond motifs is 1. The van der Waals surface area contributed by atoms with E-state index in [9.17, 15) is 19.7 Å². The summed E-state index contributed by atoms with van der Waals surface area (Å²) in [5.74, 6) is -0.887. The van der Waals surface area contributed by atoms with E-state index in [1.54, 1.807) is 18.2 Å². The fourth-order valence-corrected chi connectivity index (χ4v) is 2.78. The van der Waals surface area contributed by atoms with Crippen LogP contribution in [-0.2, 0) is 11.2 Å². The van der Waals surface area contributed by atoms with Crippen molar-refractivity contribution in [3.05, 3.63) is 68.7 Å². The lowest BCUT2D eigenvalue weighted by Gasteiger charge is -2.24. The molecule has 2 N–H and O–H groups in total. The van der Waals surface area contributed by atoms with Gasteiger partial charge in [0.25, 0.3) is 11.6 Å². The Labute approximate surface area is 153 Å². The average Bonchev–Trinajstić information content (AvgIpc) is 2.65. The van der Waals surface area contributed by atoms with E-state index in [-0.39, 0.29) is 17.9 Å². The predicted octanol–water partition coefficient (Wildman–Crippen LogP) is 2.26. The van der Waals surface area contributed by atoms with Gasteiger partial charge in [0, 0.05) is 22.7 Å². The van der Waals surface area contributed by atoms with Gasteiger partial charge in [-0.3, -0.25) is 30.6 Å². The van der Waals surface area contributed by atoms with E-state index in [0.717, 1.165) is 11.6 Å². The van der Waals surface area contributed by atoms with E-state index in [4.69, 9.17) is 16.3 Å². The largest absolute Gasteiger partial charge is 0.492 e. The van der Waals surface area contributed by atoms with Gasteiger partial charge in [-0.15, -0.1) is 0 Å². The molecular weight excluding hydrogens is 362 g/mol. The Balaban J connectivity index is 1.60. The van der Waals surface area contributed by atoms with Crippen LogP contribution in [0, 0.1) is 16.0 Å². The van der Waals surface area contributed by atoms with E-state index in [2.05, 4.69) is 10.9 Å². The molecule has 0 spiro atoms. The SMILES string of the molecule is O=C(NNC(=O)[C@@H]1COc2ccc(Cl)cc2C1)c1cccc([N+](=O)[O-])c1. The molecule has 0 saturated carbocycles. The molecule has 9 heteroatoms. The zero-order valence-corrected chi connectivity index (χ0v) is 14.2. The van der Waals surface area contributed by atoms with Crippen molar-refractivity contribution in [1.29, 1.82) is 0 Å². The maximum absolute atomic E-state index is 12.3. The number of nitro benzene ring substituents is 1. The molecule has 134 valence electrons. The van der Waals surface area contributed by atoms with Crippen molar-refractivity contribution < 1.29 is 19.2 Å². The number of hydrazine groups is 1. The third-order valence-corrected chi connectivity index (χ3v) is 4.15. The minimum absolute atomic E-state index is 0.0662. The maximum atomic E-state index is 12.3. The number of benzene rings is 2. The first-order valence-electron chi connectivity index (χ1n) is 7.70. The molecule has 2 amide bonds. The number of rotatable bonds is 3. The molecule has 26 heavy (non-hydrogen) atoms. The summed E-state index contributed by atoms with van der Waals surface area (Å²) in [6, 6.07) is 10.4. The Hall–Kier alpha value is -3.13. The lowest BCUT2D eigenvalue weighted by Crippen LogP contribution is -2.47. The number of halogens is 1. The first-order valence-corrected chi connectivity index (χ1v) is 8.07. The molecule has 0 aromatic heterocycles. The smallest absolute Gasteiger partial charge is 0.270 e. The fourth-order valence-electron chi connectivity index (χ4n) is 2.58. The Morgan fingerprint density at radius 1 is 1.19 bits per heavy atom. The van der Waals surface area contributed by atoms with Gasteiger partial charge in [0.2, 0.25) is 5.91 Å². The molecule has 2 aromatic carbocycles. The number of carbonyl (C=O) groups is 2. The standard InChI is InChI=1S/C17H14ClN3O5/c18-13-4-5-15-11(7-13)6-12(9-26-15)17(23)20-19-16(22)10-2-1-3-14(8-10)21(24)25/h1-5,7-8,12H,6,9H2,(H,19,22)(H,20,23)/t12-/m0/s1. The van der Waals surface area contributed by atoms with Gasteiger partial charge >= 0.3 is 0 Å². The van der Waals surface area contributed by atoms with Crippen LogP contribution in [0.15, 0.2) is 42.5 Å². The number of amides is 2. The second-order valence-electron chi connectivity index (χ2n) is 5.71. The summed E-state index contributed by atoms with van der Waals surface area (Å²) in [7, 11) is 0. The van der Waals surface area contributed by atoms with E-state index in [0.29, 0.717) is 17.2 Å². The summed E-state index contributed by atoms with van der Waals surface area (Å²) in [6.07, 6.45) is 0.425. The van der Waals surface area contributed by atoms with E-state index >= 15 is 0 Å². The highest BCUT2D eigenvalue weighted by molar-refractivity contribution is 6.30. The van der Waals surface area contributed by atoms with E-state index in [1.165, 1.54) is 18.2 Å². The van der Waals surface area contributed by atoms with Crippen LogP contribution in [-0.4, -0.2) is 23.3 Å². The van der Waals surface area contributed by atoms with Gasteiger partial charge in [0.1, 0.15) is 12.4 Å². The van der Waals surface area contributed by atoms with Gasteiger partial charge < -0.3 is 4.74 Å². The quantitative estimate of drug-likeness (QED) is 0.631. The average molecular weight is 376 g/mol. The number of nitrogens with one attached hydrogen (secondary N) is 2. The van der Waals surface area contributed by atoms with Crippen LogP contribution in [0.25, 0.3) is 0 Å². The van der Waals surface area contributed by atoms with Crippen molar-refractivity contribution in [3.8, 4) is 5.75 Å². The second-order valence-corrected chi connectivity index (χ2v) is 6.15. The molecule has 1 heterocycles. The minimum atomic E-state index is -0.651. The molecule has 0 radical (unpaired) electrons. The molecule has 0 aliphatic carbocycles. The van der Waals surface area contributed by atoms with Crippen molar-refractivity contribution in [2.24, 2.45) is 5.92 Å². The van der Waals surface area contributed by atoms with Crippen molar-refractivity contribution in [2.75, 3.05) is 6.61 Å². The van der Waals surface area contributed by atoms with Crippen LogP contribution in [0.1, 0.15) is 15.9 Å². The van der Waals surface area contributed by atoms with E-state index in [1.807, 2.05) is 0 Å². The first-order chi connectivity index (χ1) is 12.4. The molecule has 0 unspecified atom stereocenters. The number of carbonyl (C=O) groups excluding carboxylic acids is 2. The highest BCUT2D eigenvalue weighted by atomic mass is 35.5. The zero-order chi connectivity index (χ0) is 18.7. The van der Waals surface area contributed by atoms with Crippen LogP contribution in [0.5, 0.6) is 5.75 Å². The number of nitrogens with zero attached hydrogens (tertiary/aromatic N) is 1. The predicted molar refractivity (Wildman–Crippen MR) is 92.8 cm³/mol. The number of nitro groups is 1. The van der Waals surface area contributed by atoms with Crippen molar-refractivity contribution in [3.63, 3.8) is 0 Å². The van der Waals surface area contributed by atoms with Crippen LogP contribution in [0.2, 0.25) is 5.02 Å². The highest BCUT2D eigenvalue weighted by Gasteiger charge is 2.26. The third kappa shape index (κ3) is 3.92. The number of non-ortho nitro benzene ring substituents is 1. The third-order valence-electron chi connectivity index (χ3n) is 3.92. The zero-order valence-electron chi connectivity index (χ0n) is 13.4. The van der Waals surface area contributed by atoms with Crippen molar-refractivity contribution in [1.82, 2.24) is 10.9 Å². The van der Waals surface area contributed by atoms with Crippen LogP contribution in [0.3, 0.4) is 0 Å². The van der Waals surface area contributed by atoms with Gasteiger partial charge in [0.15, 0.2) is 0 Å². The monoisotopic (exact) mass is 375 g/mol. The van der Waals surface area contributed by atoms with Crippen LogP contribution in [0.4, 0.5) is 5.69 Å². The maximum Gasteiger partial charge on any atom is 0.270 e. The molecule has 2 aromatic rings. The Kier molecular flexibility index (Phi) is 5.04. The molecule has 0 fully saturated rings. The van der Waals surface area contributed by atoms with Crippen molar-refractivity contribution in [2.45, 2.75) is 6.42 Å². The highest BCUT2D eigenvalue weighted by Crippen LogP contribution is 2.29. The molecule has 0 saturated heterocycles. The molecule has 1 aliphatic rings. The Morgan fingerprint density at radius 2 is 2.00 bits per heavy atom. The molecule has 8 nitrogen and oxygen atoms in total. The molecule has 1 atom stereocenters. The van der Waals surface area contributed by atoms with Crippen molar-refractivity contribution >= 4 is 29.1 Å².